The molecule has 1 aromatic heterocycles. The van der Waals surface area contributed by atoms with Gasteiger partial charge < -0.3 is 19.4 Å². The number of hydrogen-bond acceptors (Lipinski definition) is 6. The van der Waals surface area contributed by atoms with Gasteiger partial charge in [-0.3, -0.25) is 9.59 Å². The van der Waals surface area contributed by atoms with Crippen molar-refractivity contribution < 1.29 is 27.2 Å². The van der Waals surface area contributed by atoms with Gasteiger partial charge in [0, 0.05) is 25.8 Å². The number of rotatable bonds is 6. The molecule has 0 bridgehead atoms. The summed E-state index contributed by atoms with van der Waals surface area (Å²) in [6, 6.07) is 7.28. The molecule has 0 radical (unpaired) electrons. The molecule has 29 heavy (non-hydrogen) atoms. The van der Waals surface area contributed by atoms with Crippen LogP contribution in [-0.4, -0.2) is 69.3 Å². The fraction of sp³-hybridized carbons (Fsp3) is 0.333. The molecule has 2 heterocycles. The Hall–Kier alpha value is -2.40. The fourth-order valence-electron chi connectivity index (χ4n) is 2.78. The van der Waals surface area contributed by atoms with Gasteiger partial charge in [-0.05, 0) is 30.3 Å². The van der Waals surface area contributed by atoms with Crippen molar-refractivity contribution in [2.45, 2.75) is 4.90 Å². The number of halogens is 1. The summed E-state index contributed by atoms with van der Waals surface area (Å²) in [5.74, 6) is -0.827. The number of anilines is 1. The molecule has 1 aliphatic heterocycles. The standard InChI is InChI=1S/C18H20ClN3O6S/c1-21(18(24)15-3-2-8-28-15)12-17(23)20-13-4-5-14(19)16(11-13)29(25,26)22-6-9-27-10-7-22/h2-5,8,11H,6-7,9-10,12H2,1H3,(H,20,23). The van der Waals surface area contributed by atoms with Crippen LogP contribution in [0.25, 0.3) is 0 Å². The van der Waals surface area contributed by atoms with Crippen LogP contribution in [0.5, 0.6) is 0 Å². The Bertz CT molecular complexity index is 987. The van der Waals surface area contributed by atoms with Crippen molar-refractivity contribution in [2.75, 3.05) is 45.2 Å². The zero-order valence-electron chi connectivity index (χ0n) is 15.6. The van der Waals surface area contributed by atoms with Gasteiger partial charge in [0.15, 0.2) is 5.76 Å². The summed E-state index contributed by atoms with van der Waals surface area (Å²) >= 11 is 6.11. The van der Waals surface area contributed by atoms with Crippen LogP contribution in [0.15, 0.2) is 45.9 Å². The number of carbonyl (C=O) groups excluding carboxylic acids is 2. The van der Waals surface area contributed by atoms with E-state index in [0.717, 1.165) is 0 Å². The minimum atomic E-state index is -3.82. The van der Waals surface area contributed by atoms with Crippen LogP contribution in [-0.2, 0) is 19.6 Å². The van der Waals surface area contributed by atoms with Crippen LogP contribution in [0, 0.1) is 0 Å². The van der Waals surface area contributed by atoms with E-state index in [1.165, 1.54) is 46.8 Å². The van der Waals surface area contributed by atoms with E-state index in [2.05, 4.69) is 5.32 Å². The van der Waals surface area contributed by atoms with Crippen molar-refractivity contribution in [3.05, 3.63) is 47.4 Å². The monoisotopic (exact) mass is 441 g/mol. The zero-order chi connectivity index (χ0) is 21.0. The lowest BCUT2D eigenvalue weighted by atomic mass is 10.3. The van der Waals surface area contributed by atoms with Crippen molar-refractivity contribution in [2.24, 2.45) is 0 Å². The number of sulfonamides is 1. The first-order chi connectivity index (χ1) is 13.8. The molecule has 2 aromatic rings. The summed E-state index contributed by atoms with van der Waals surface area (Å²) in [5, 5.41) is 2.64. The molecule has 11 heteroatoms. The topological polar surface area (TPSA) is 109 Å². The molecule has 0 unspecified atom stereocenters. The van der Waals surface area contributed by atoms with E-state index in [4.69, 9.17) is 20.8 Å². The number of morpholine rings is 1. The third kappa shape index (κ3) is 4.96. The Morgan fingerprint density at radius 2 is 1.97 bits per heavy atom. The maximum Gasteiger partial charge on any atom is 0.289 e. The summed E-state index contributed by atoms with van der Waals surface area (Å²) in [6.07, 6.45) is 1.37. The first kappa shape index (κ1) is 21.3. The molecule has 156 valence electrons. The number of hydrogen-bond donors (Lipinski definition) is 1. The highest BCUT2D eigenvalue weighted by Gasteiger charge is 2.28. The Labute approximate surface area is 173 Å². The van der Waals surface area contributed by atoms with E-state index in [-0.39, 0.29) is 41.0 Å². The van der Waals surface area contributed by atoms with E-state index >= 15 is 0 Å². The van der Waals surface area contributed by atoms with Crippen LogP contribution < -0.4 is 5.32 Å². The number of furan rings is 1. The quantitative estimate of drug-likeness (QED) is 0.730. The third-order valence-corrected chi connectivity index (χ3v) is 6.64. The lowest BCUT2D eigenvalue weighted by Crippen LogP contribution is -2.40. The highest BCUT2D eigenvalue weighted by atomic mass is 35.5. The maximum atomic E-state index is 12.9. The molecule has 0 aliphatic carbocycles. The second-order valence-corrected chi connectivity index (χ2v) is 8.66. The van der Waals surface area contributed by atoms with E-state index in [1.807, 2.05) is 0 Å². The number of nitrogens with zero attached hydrogens (tertiary/aromatic N) is 2. The number of nitrogens with one attached hydrogen (secondary N) is 1. The Balaban J connectivity index is 1.70. The molecule has 1 aliphatic rings. The van der Waals surface area contributed by atoms with Crippen LogP contribution in [0.2, 0.25) is 5.02 Å². The summed E-state index contributed by atoms with van der Waals surface area (Å²) in [6.45, 7) is 0.837. The molecular formula is C18H20ClN3O6S. The predicted octanol–water partition coefficient (Wildman–Crippen LogP) is 1.66. The number of ether oxygens (including phenoxy) is 1. The normalized spacial score (nSPS) is 15.1. The van der Waals surface area contributed by atoms with Crippen LogP contribution in [0.1, 0.15) is 10.6 Å². The van der Waals surface area contributed by atoms with Gasteiger partial charge in [-0.1, -0.05) is 11.6 Å². The van der Waals surface area contributed by atoms with Crippen LogP contribution >= 0.6 is 11.6 Å². The number of benzene rings is 1. The Morgan fingerprint density at radius 1 is 1.24 bits per heavy atom. The summed E-state index contributed by atoms with van der Waals surface area (Å²) in [7, 11) is -2.37. The summed E-state index contributed by atoms with van der Waals surface area (Å²) in [4.78, 5) is 25.5. The fourth-order valence-corrected chi connectivity index (χ4v) is 4.69. The number of amides is 2. The van der Waals surface area contributed by atoms with Gasteiger partial charge in [-0.15, -0.1) is 0 Å². The van der Waals surface area contributed by atoms with Crippen molar-refractivity contribution in [1.29, 1.82) is 0 Å². The van der Waals surface area contributed by atoms with Crippen molar-refractivity contribution >= 4 is 39.1 Å². The second kappa shape index (κ2) is 8.95. The summed E-state index contributed by atoms with van der Waals surface area (Å²) < 4.78 is 37.2. The molecule has 2 amide bonds. The van der Waals surface area contributed by atoms with Crippen LogP contribution in [0.3, 0.4) is 0 Å². The molecule has 9 nitrogen and oxygen atoms in total. The summed E-state index contributed by atoms with van der Waals surface area (Å²) in [5.41, 5.74) is 0.255. The minimum absolute atomic E-state index is 0.0552. The highest BCUT2D eigenvalue weighted by Crippen LogP contribution is 2.28. The van der Waals surface area contributed by atoms with E-state index in [9.17, 15) is 18.0 Å². The first-order valence-corrected chi connectivity index (χ1v) is 10.6. The molecule has 0 spiro atoms. The van der Waals surface area contributed by atoms with Gasteiger partial charge in [-0.2, -0.15) is 4.31 Å². The van der Waals surface area contributed by atoms with E-state index in [0.29, 0.717) is 13.2 Å². The molecular weight excluding hydrogens is 422 g/mol. The number of carbonyl (C=O) groups is 2. The van der Waals surface area contributed by atoms with Crippen molar-refractivity contribution in [1.82, 2.24) is 9.21 Å². The third-order valence-electron chi connectivity index (χ3n) is 4.26. The smallest absolute Gasteiger partial charge is 0.289 e. The number of likely N-dealkylation sites (N-methyl/N-ethyl adjacent to an activating group) is 1. The average Bonchev–Trinajstić information content (AvgIpc) is 3.24. The SMILES string of the molecule is CN(CC(=O)Nc1ccc(Cl)c(S(=O)(=O)N2CCOCC2)c1)C(=O)c1ccco1. The van der Waals surface area contributed by atoms with Gasteiger partial charge in [-0.25, -0.2) is 8.42 Å². The largest absolute Gasteiger partial charge is 0.459 e. The Kier molecular flexibility index (Phi) is 6.58. The van der Waals surface area contributed by atoms with Crippen LogP contribution in [0.4, 0.5) is 5.69 Å². The van der Waals surface area contributed by atoms with Gasteiger partial charge in [0.25, 0.3) is 5.91 Å². The minimum Gasteiger partial charge on any atom is -0.459 e. The van der Waals surface area contributed by atoms with Crippen molar-refractivity contribution in [3.8, 4) is 0 Å². The lowest BCUT2D eigenvalue weighted by molar-refractivity contribution is -0.116. The molecule has 0 saturated carbocycles. The van der Waals surface area contributed by atoms with E-state index < -0.39 is 21.8 Å². The first-order valence-electron chi connectivity index (χ1n) is 8.75. The van der Waals surface area contributed by atoms with Gasteiger partial charge >= 0.3 is 0 Å². The van der Waals surface area contributed by atoms with Crippen molar-refractivity contribution in [3.63, 3.8) is 0 Å². The average molecular weight is 442 g/mol. The van der Waals surface area contributed by atoms with Gasteiger partial charge in [0.1, 0.15) is 4.90 Å². The zero-order valence-corrected chi connectivity index (χ0v) is 17.2. The molecule has 1 aromatic carbocycles. The molecule has 1 fully saturated rings. The predicted molar refractivity (Wildman–Crippen MR) is 105 cm³/mol. The molecule has 3 rings (SSSR count). The highest BCUT2D eigenvalue weighted by molar-refractivity contribution is 7.89. The maximum absolute atomic E-state index is 12.9. The second-order valence-electron chi connectivity index (χ2n) is 6.35. The molecule has 1 saturated heterocycles. The molecule has 0 atom stereocenters. The lowest BCUT2D eigenvalue weighted by Gasteiger charge is -2.26. The van der Waals surface area contributed by atoms with Gasteiger partial charge in [0.05, 0.1) is 31.0 Å². The molecule has 1 N–H and O–H groups in total. The Morgan fingerprint density at radius 3 is 2.62 bits per heavy atom. The van der Waals surface area contributed by atoms with E-state index in [1.54, 1.807) is 6.07 Å². The van der Waals surface area contributed by atoms with Gasteiger partial charge in [0.2, 0.25) is 15.9 Å².